The highest BCUT2D eigenvalue weighted by Crippen LogP contribution is 2.32. The molecule has 0 radical (unpaired) electrons. The van der Waals surface area contributed by atoms with Crippen molar-refractivity contribution in [3.05, 3.63) is 30.1 Å². The van der Waals surface area contributed by atoms with Crippen LogP contribution in [-0.2, 0) is 11.3 Å². The van der Waals surface area contributed by atoms with Gasteiger partial charge in [-0.2, -0.15) is 0 Å². The predicted molar refractivity (Wildman–Crippen MR) is 106 cm³/mol. The highest BCUT2D eigenvalue weighted by molar-refractivity contribution is 5.76. The van der Waals surface area contributed by atoms with E-state index >= 15 is 0 Å². The molecule has 26 heavy (non-hydrogen) atoms. The summed E-state index contributed by atoms with van der Waals surface area (Å²) >= 11 is 0. The lowest BCUT2D eigenvalue weighted by atomic mass is 9.79. The van der Waals surface area contributed by atoms with Crippen LogP contribution >= 0.6 is 0 Å². The van der Waals surface area contributed by atoms with Crippen LogP contribution in [-0.4, -0.2) is 34.9 Å². The molecule has 3 rings (SSSR count). The highest BCUT2D eigenvalue weighted by Gasteiger charge is 2.28. The maximum absolute atomic E-state index is 13.3. The Morgan fingerprint density at radius 1 is 1.15 bits per heavy atom. The van der Waals surface area contributed by atoms with Gasteiger partial charge in [-0.3, -0.25) is 9.78 Å². The van der Waals surface area contributed by atoms with Gasteiger partial charge in [-0.25, -0.2) is 0 Å². The Bertz CT molecular complexity index is 534. The molecule has 4 heteroatoms. The van der Waals surface area contributed by atoms with Crippen LogP contribution in [0.2, 0.25) is 0 Å². The minimum Gasteiger partial charge on any atom is -0.334 e. The number of pyridine rings is 1. The SMILES string of the molecule is CC(CC(=O)N(Cc1ccccn1)C1CCCNCC1)C1CCCCC1. The van der Waals surface area contributed by atoms with E-state index in [2.05, 4.69) is 22.1 Å². The Labute approximate surface area is 158 Å². The van der Waals surface area contributed by atoms with E-state index in [1.165, 1.54) is 32.1 Å². The lowest BCUT2D eigenvalue weighted by Gasteiger charge is -2.34. The maximum Gasteiger partial charge on any atom is 0.223 e. The molecule has 4 nitrogen and oxygen atoms in total. The first kappa shape index (κ1) is 19.3. The summed E-state index contributed by atoms with van der Waals surface area (Å²) in [5.41, 5.74) is 1.00. The average Bonchev–Trinajstić information content (AvgIpc) is 2.97. The molecule has 1 aliphatic carbocycles. The molecule has 1 amide bonds. The standard InChI is InChI=1S/C22H35N3O/c1-18(19-8-3-2-4-9-19)16-22(26)25(17-20-10-5-6-14-24-20)21-11-7-13-23-15-12-21/h5-6,10,14,18-19,21,23H,2-4,7-9,11-13,15-17H2,1H3. The zero-order valence-electron chi connectivity index (χ0n) is 16.3. The topological polar surface area (TPSA) is 45.2 Å². The van der Waals surface area contributed by atoms with Crippen molar-refractivity contribution in [3.8, 4) is 0 Å². The van der Waals surface area contributed by atoms with E-state index < -0.39 is 0 Å². The van der Waals surface area contributed by atoms with Gasteiger partial charge in [-0.1, -0.05) is 45.1 Å². The third-order valence-electron chi connectivity index (χ3n) is 6.32. The quantitative estimate of drug-likeness (QED) is 0.831. The minimum atomic E-state index is 0.334. The summed E-state index contributed by atoms with van der Waals surface area (Å²) in [6.45, 7) is 5.03. The molecular weight excluding hydrogens is 322 g/mol. The van der Waals surface area contributed by atoms with E-state index in [4.69, 9.17) is 0 Å². The molecular formula is C22H35N3O. The smallest absolute Gasteiger partial charge is 0.223 e. The molecule has 0 bridgehead atoms. The summed E-state index contributed by atoms with van der Waals surface area (Å²) in [5, 5.41) is 3.47. The van der Waals surface area contributed by atoms with Crippen LogP contribution in [0.5, 0.6) is 0 Å². The van der Waals surface area contributed by atoms with Crippen LogP contribution in [0.3, 0.4) is 0 Å². The lowest BCUT2D eigenvalue weighted by molar-refractivity contribution is -0.136. The number of rotatable bonds is 6. The van der Waals surface area contributed by atoms with Crippen LogP contribution in [0, 0.1) is 11.8 Å². The van der Waals surface area contributed by atoms with E-state index in [0.717, 1.165) is 44.0 Å². The van der Waals surface area contributed by atoms with Gasteiger partial charge in [-0.15, -0.1) is 0 Å². The fourth-order valence-electron chi connectivity index (χ4n) is 4.66. The van der Waals surface area contributed by atoms with Gasteiger partial charge in [0.05, 0.1) is 12.2 Å². The van der Waals surface area contributed by atoms with Gasteiger partial charge >= 0.3 is 0 Å². The minimum absolute atomic E-state index is 0.334. The highest BCUT2D eigenvalue weighted by atomic mass is 16.2. The first-order valence-electron chi connectivity index (χ1n) is 10.6. The van der Waals surface area contributed by atoms with E-state index in [1.807, 2.05) is 24.4 Å². The van der Waals surface area contributed by atoms with E-state index in [-0.39, 0.29) is 0 Å². The van der Waals surface area contributed by atoms with Gasteiger partial charge in [0.25, 0.3) is 0 Å². The van der Waals surface area contributed by atoms with Crippen LogP contribution in [0.15, 0.2) is 24.4 Å². The van der Waals surface area contributed by atoms with Crippen molar-refractivity contribution in [1.29, 1.82) is 0 Å². The van der Waals surface area contributed by atoms with Crippen molar-refractivity contribution in [2.24, 2.45) is 11.8 Å². The van der Waals surface area contributed by atoms with Crippen LogP contribution in [0.1, 0.15) is 70.4 Å². The molecule has 2 heterocycles. The lowest BCUT2D eigenvalue weighted by Crippen LogP contribution is -2.41. The van der Waals surface area contributed by atoms with Gasteiger partial charge in [0.2, 0.25) is 5.91 Å². The summed E-state index contributed by atoms with van der Waals surface area (Å²) in [6, 6.07) is 6.35. The average molecular weight is 358 g/mol. The molecule has 1 aromatic rings. The van der Waals surface area contributed by atoms with Crippen molar-refractivity contribution < 1.29 is 4.79 Å². The zero-order chi connectivity index (χ0) is 18.2. The number of carbonyl (C=O) groups is 1. The third-order valence-corrected chi connectivity index (χ3v) is 6.32. The van der Waals surface area contributed by atoms with Gasteiger partial charge in [0.1, 0.15) is 0 Å². The Balaban J connectivity index is 1.67. The number of nitrogens with one attached hydrogen (secondary N) is 1. The largest absolute Gasteiger partial charge is 0.334 e. The molecule has 144 valence electrons. The number of hydrogen-bond acceptors (Lipinski definition) is 3. The Morgan fingerprint density at radius 3 is 2.77 bits per heavy atom. The van der Waals surface area contributed by atoms with Crippen molar-refractivity contribution in [2.45, 2.75) is 77.3 Å². The molecule has 1 N–H and O–H groups in total. The number of aromatic nitrogens is 1. The molecule has 1 aromatic heterocycles. The monoisotopic (exact) mass is 357 g/mol. The number of amides is 1. The van der Waals surface area contributed by atoms with Crippen molar-refractivity contribution in [3.63, 3.8) is 0 Å². The molecule has 2 unspecified atom stereocenters. The fraction of sp³-hybridized carbons (Fsp3) is 0.727. The first-order valence-corrected chi connectivity index (χ1v) is 10.6. The second-order valence-corrected chi connectivity index (χ2v) is 8.26. The van der Waals surface area contributed by atoms with Gasteiger partial charge < -0.3 is 10.2 Å². The zero-order valence-corrected chi connectivity index (χ0v) is 16.3. The maximum atomic E-state index is 13.3. The number of hydrogen-bond donors (Lipinski definition) is 1. The van der Waals surface area contributed by atoms with Crippen LogP contribution in [0.4, 0.5) is 0 Å². The van der Waals surface area contributed by atoms with Crippen molar-refractivity contribution >= 4 is 5.91 Å². The van der Waals surface area contributed by atoms with E-state index in [1.54, 1.807) is 0 Å². The first-order chi connectivity index (χ1) is 12.7. The Kier molecular flexibility index (Phi) is 7.48. The molecule has 0 spiro atoms. The predicted octanol–water partition coefficient (Wildman–Crippen LogP) is 4.16. The van der Waals surface area contributed by atoms with Gasteiger partial charge in [0.15, 0.2) is 0 Å². The summed E-state index contributed by atoms with van der Waals surface area (Å²) in [5.74, 6) is 1.57. The summed E-state index contributed by atoms with van der Waals surface area (Å²) in [6.07, 6.45) is 12.5. The molecule has 2 aliphatic rings. The molecule has 0 aromatic carbocycles. The fourth-order valence-corrected chi connectivity index (χ4v) is 4.66. The number of carbonyl (C=O) groups excluding carboxylic acids is 1. The van der Waals surface area contributed by atoms with Crippen LogP contribution in [0.25, 0.3) is 0 Å². The second-order valence-electron chi connectivity index (χ2n) is 8.26. The van der Waals surface area contributed by atoms with Crippen molar-refractivity contribution in [1.82, 2.24) is 15.2 Å². The van der Waals surface area contributed by atoms with E-state index in [0.29, 0.717) is 30.8 Å². The molecule has 2 fully saturated rings. The van der Waals surface area contributed by atoms with Gasteiger partial charge in [-0.05, 0) is 56.3 Å². The summed E-state index contributed by atoms with van der Waals surface area (Å²) in [4.78, 5) is 19.9. The van der Waals surface area contributed by atoms with Gasteiger partial charge in [0, 0.05) is 18.7 Å². The third kappa shape index (κ3) is 5.54. The Morgan fingerprint density at radius 2 is 2.00 bits per heavy atom. The summed E-state index contributed by atoms with van der Waals surface area (Å²) < 4.78 is 0. The van der Waals surface area contributed by atoms with Crippen LogP contribution < -0.4 is 5.32 Å². The molecule has 1 aliphatic heterocycles. The normalized spacial score (nSPS) is 23.2. The second kappa shape index (κ2) is 10.1. The number of nitrogens with zero attached hydrogens (tertiary/aromatic N) is 2. The molecule has 1 saturated heterocycles. The molecule has 1 saturated carbocycles. The van der Waals surface area contributed by atoms with E-state index in [9.17, 15) is 4.79 Å². The Hall–Kier alpha value is -1.42. The summed E-state index contributed by atoms with van der Waals surface area (Å²) in [7, 11) is 0. The van der Waals surface area contributed by atoms with Crippen molar-refractivity contribution in [2.75, 3.05) is 13.1 Å². The molecule has 2 atom stereocenters.